The highest BCUT2D eigenvalue weighted by Crippen LogP contribution is 2.30. The molecule has 0 aliphatic carbocycles. The molecule has 0 aliphatic rings. The molecule has 3 aromatic heterocycles. The van der Waals surface area contributed by atoms with E-state index in [1.807, 2.05) is 48.5 Å². The van der Waals surface area contributed by atoms with E-state index in [0.29, 0.717) is 28.7 Å². The number of nitrogens with one attached hydrogen (secondary N) is 1. The molecule has 24 heavy (non-hydrogen) atoms. The third-order valence-corrected chi connectivity index (χ3v) is 3.88. The molecular weight excluding hydrogens is 324 g/mol. The number of aromatic nitrogens is 3. The molecule has 6 heteroatoms. The number of anilines is 1. The Morgan fingerprint density at radius 1 is 1.00 bits per heavy atom. The predicted molar refractivity (Wildman–Crippen MR) is 93.8 cm³/mol. The molecule has 0 bridgehead atoms. The molecule has 3 heterocycles. The number of nitrogens with zero attached hydrogens (tertiary/aromatic N) is 3. The summed E-state index contributed by atoms with van der Waals surface area (Å²) < 4.78 is 5.72. The number of hydrogen-bond acceptors (Lipinski definition) is 5. The maximum atomic E-state index is 6.38. The molecule has 4 rings (SSSR count). The fraction of sp³-hybridized carbons (Fsp3) is 0.0556. The average molecular weight is 337 g/mol. The van der Waals surface area contributed by atoms with E-state index in [1.54, 1.807) is 12.4 Å². The van der Waals surface area contributed by atoms with Crippen LogP contribution in [0.4, 0.5) is 5.69 Å². The van der Waals surface area contributed by atoms with Gasteiger partial charge >= 0.3 is 0 Å². The van der Waals surface area contributed by atoms with Gasteiger partial charge in [0.1, 0.15) is 0 Å². The summed E-state index contributed by atoms with van der Waals surface area (Å²) in [6.07, 6.45) is 3.45. The molecular formula is C18H13ClN4O. The second-order valence-electron chi connectivity index (χ2n) is 5.21. The minimum Gasteiger partial charge on any atom is -0.434 e. The first kappa shape index (κ1) is 14.7. The molecule has 0 saturated heterocycles. The SMILES string of the molecule is Clc1cc(-c2nc3ncccc3o2)ccc1NCc1ccccn1. The Bertz CT molecular complexity index is 952. The number of halogens is 1. The highest BCUT2D eigenvalue weighted by atomic mass is 35.5. The van der Waals surface area contributed by atoms with Gasteiger partial charge in [0.05, 0.1) is 22.9 Å². The van der Waals surface area contributed by atoms with Crippen LogP contribution in [0.15, 0.2) is 65.3 Å². The molecule has 1 aromatic carbocycles. The van der Waals surface area contributed by atoms with Crippen molar-refractivity contribution in [3.05, 3.63) is 71.6 Å². The highest BCUT2D eigenvalue weighted by molar-refractivity contribution is 6.33. The van der Waals surface area contributed by atoms with Gasteiger partial charge in [-0.1, -0.05) is 17.7 Å². The molecule has 1 N–H and O–H groups in total. The van der Waals surface area contributed by atoms with Crippen LogP contribution < -0.4 is 5.32 Å². The van der Waals surface area contributed by atoms with Crippen molar-refractivity contribution in [3.8, 4) is 11.5 Å². The molecule has 0 fully saturated rings. The Morgan fingerprint density at radius 2 is 1.92 bits per heavy atom. The molecule has 0 aliphatic heterocycles. The molecule has 0 spiro atoms. The van der Waals surface area contributed by atoms with Crippen LogP contribution in [0.3, 0.4) is 0 Å². The van der Waals surface area contributed by atoms with E-state index in [1.165, 1.54) is 0 Å². The van der Waals surface area contributed by atoms with Gasteiger partial charge in [-0.3, -0.25) is 4.98 Å². The van der Waals surface area contributed by atoms with Crippen molar-refractivity contribution in [3.63, 3.8) is 0 Å². The van der Waals surface area contributed by atoms with Crippen molar-refractivity contribution in [2.75, 3.05) is 5.32 Å². The first-order valence-corrected chi connectivity index (χ1v) is 7.83. The third-order valence-electron chi connectivity index (χ3n) is 3.57. The zero-order chi connectivity index (χ0) is 16.4. The van der Waals surface area contributed by atoms with Crippen molar-refractivity contribution < 1.29 is 4.42 Å². The Morgan fingerprint density at radius 3 is 2.71 bits per heavy atom. The Labute approximate surface area is 143 Å². The van der Waals surface area contributed by atoms with Gasteiger partial charge in [-0.15, -0.1) is 0 Å². The lowest BCUT2D eigenvalue weighted by molar-refractivity contribution is 0.619. The van der Waals surface area contributed by atoms with Gasteiger partial charge in [-0.05, 0) is 42.5 Å². The van der Waals surface area contributed by atoms with Crippen LogP contribution in [0.25, 0.3) is 22.7 Å². The third kappa shape index (κ3) is 2.94. The topological polar surface area (TPSA) is 63.8 Å². The van der Waals surface area contributed by atoms with Gasteiger partial charge in [-0.25, -0.2) is 4.98 Å². The Hall–Kier alpha value is -2.92. The lowest BCUT2D eigenvalue weighted by Crippen LogP contribution is -2.01. The van der Waals surface area contributed by atoms with E-state index in [2.05, 4.69) is 20.3 Å². The molecule has 0 atom stereocenters. The van der Waals surface area contributed by atoms with Crippen LogP contribution in [-0.4, -0.2) is 15.0 Å². The monoisotopic (exact) mass is 336 g/mol. The van der Waals surface area contributed by atoms with Crippen LogP contribution in [0.5, 0.6) is 0 Å². The normalized spacial score (nSPS) is 10.9. The van der Waals surface area contributed by atoms with Gasteiger partial charge < -0.3 is 9.73 Å². The summed E-state index contributed by atoms with van der Waals surface area (Å²) >= 11 is 6.38. The molecule has 0 saturated carbocycles. The smallest absolute Gasteiger partial charge is 0.228 e. The summed E-state index contributed by atoms with van der Waals surface area (Å²) in [6.45, 7) is 0.604. The van der Waals surface area contributed by atoms with E-state index in [9.17, 15) is 0 Å². The van der Waals surface area contributed by atoms with Gasteiger partial charge in [0.2, 0.25) is 5.89 Å². The van der Waals surface area contributed by atoms with Crippen LogP contribution in [0, 0.1) is 0 Å². The standard InChI is InChI=1S/C18H13ClN4O/c19-14-10-12(18-23-17-16(24-18)5-3-9-21-17)6-7-15(14)22-11-13-4-1-2-8-20-13/h1-10,22H,11H2. The number of pyridine rings is 2. The first-order valence-electron chi connectivity index (χ1n) is 7.45. The number of oxazole rings is 1. The predicted octanol–water partition coefficient (Wildman–Crippen LogP) is 4.55. The zero-order valence-corrected chi connectivity index (χ0v) is 13.4. The summed E-state index contributed by atoms with van der Waals surface area (Å²) in [5.41, 5.74) is 3.83. The van der Waals surface area contributed by atoms with E-state index < -0.39 is 0 Å². The lowest BCUT2D eigenvalue weighted by atomic mass is 10.2. The summed E-state index contributed by atoms with van der Waals surface area (Å²) in [4.78, 5) is 12.8. The Balaban J connectivity index is 1.57. The van der Waals surface area contributed by atoms with Crippen LogP contribution in [0.1, 0.15) is 5.69 Å². The van der Waals surface area contributed by atoms with Gasteiger partial charge in [0.25, 0.3) is 0 Å². The van der Waals surface area contributed by atoms with E-state index in [-0.39, 0.29) is 0 Å². The van der Waals surface area contributed by atoms with E-state index in [4.69, 9.17) is 16.0 Å². The van der Waals surface area contributed by atoms with Crippen molar-refractivity contribution in [1.82, 2.24) is 15.0 Å². The number of fused-ring (bicyclic) bond motifs is 1. The van der Waals surface area contributed by atoms with Crippen molar-refractivity contribution in [2.24, 2.45) is 0 Å². The number of benzene rings is 1. The molecule has 118 valence electrons. The summed E-state index contributed by atoms with van der Waals surface area (Å²) in [5.74, 6) is 0.502. The van der Waals surface area contributed by atoms with Gasteiger partial charge in [0.15, 0.2) is 11.2 Å². The molecule has 0 radical (unpaired) electrons. The van der Waals surface area contributed by atoms with Gasteiger partial charge in [0, 0.05) is 18.0 Å². The second-order valence-corrected chi connectivity index (χ2v) is 5.62. The second kappa shape index (κ2) is 6.29. The lowest BCUT2D eigenvalue weighted by Gasteiger charge is -2.08. The molecule has 0 unspecified atom stereocenters. The first-order chi connectivity index (χ1) is 11.8. The van der Waals surface area contributed by atoms with Crippen LogP contribution >= 0.6 is 11.6 Å². The molecule has 0 amide bonds. The van der Waals surface area contributed by atoms with Crippen LogP contribution in [0.2, 0.25) is 5.02 Å². The molecule has 5 nitrogen and oxygen atoms in total. The summed E-state index contributed by atoms with van der Waals surface area (Å²) in [7, 11) is 0. The minimum atomic E-state index is 0.502. The maximum absolute atomic E-state index is 6.38. The summed E-state index contributed by atoms with van der Waals surface area (Å²) in [5, 5.41) is 3.87. The zero-order valence-electron chi connectivity index (χ0n) is 12.6. The average Bonchev–Trinajstić information content (AvgIpc) is 3.06. The number of hydrogen-bond donors (Lipinski definition) is 1. The summed E-state index contributed by atoms with van der Waals surface area (Å²) in [6, 6.07) is 15.1. The minimum absolute atomic E-state index is 0.502. The Kier molecular flexibility index (Phi) is 3.84. The van der Waals surface area contributed by atoms with E-state index >= 15 is 0 Å². The van der Waals surface area contributed by atoms with Crippen molar-refractivity contribution in [2.45, 2.75) is 6.54 Å². The van der Waals surface area contributed by atoms with Gasteiger partial charge in [-0.2, -0.15) is 4.98 Å². The molecule has 4 aromatic rings. The van der Waals surface area contributed by atoms with Crippen LogP contribution in [-0.2, 0) is 6.54 Å². The van der Waals surface area contributed by atoms with E-state index in [0.717, 1.165) is 16.9 Å². The van der Waals surface area contributed by atoms with Crippen molar-refractivity contribution in [1.29, 1.82) is 0 Å². The quantitative estimate of drug-likeness (QED) is 0.592. The largest absolute Gasteiger partial charge is 0.434 e. The maximum Gasteiger partial charge on any atom is 0.228 e. The fourth-order valence-corrected chi connectivity index (χ4v) is 2.62. The fourth-order valence-electron chi connectivity index (χ4n) is 2.37. The highest BCUT2D eigenvalue weighted by Gasteiger charge is 2.10. The van der Waals surface area contributed by atoms with Crippen molar-refractivity contribution >= 4 is 28.5 Å². The number of rotatable bonds is 4.